The smallest absolute Gasteiger partial charge is 0.255 e. The number of hydrogen-bond donors (Lipinski definition) is 1. The molecule has 0 saturated carbocycles. The van der Waals surface area contributed by atoms with E-state index >= 15 is 0 Å². The number of aromatic nitrogens is 3. The van der Waals surface area contributed by atoms with Crippen LogP contribution in [0.15, 0.2) is 42.6 Å². The zero-order valence-electron chi connectivity index (χ0n) is 15.3. The van der Waals surface area contributed by atoms with Gasteiger partial charge in [0.05, 0.1) is 16.8 Å². The quantitative estimate of drug-likeness (QED) is 0.772. The number of rotatable bonds is 3. The number of para-hydroxylation sites is 1. The summed E-state index contributed by atoms with van der Waals surface area (Å²) < 4.78 is 1.70. The van der Waals surface area contributed by atoms with Gasteiger partial charge in [-0.25, -0.2) is 4.98 Å². The van der Waals surface area contributed by atoms with Gasteiger partial charge in [0.15, 0.2) is 0 Å². The van der Waals surface area contributed by atoms with Gasteiger partial charge in [0.25, 0.3) is 5.91 Å². The Morgan fingerprint density at radius 1 is 1.26 bits per heavy atom. The van der Waals surface area contributed by atoms with Crippen LogP contribution in [-0.2, 0) is 11.8 Å². The fourth-order valence-electron chi connectivity index (χ4n) is 3.55. The molecule has 2 aromatic heterocycles. The average molecular weight is 363 g/mol. The van der Waals surface area contributed by atoms with Gasteiger partial charge in [0.1, 0.15) is 11.7 Å². The molecule has 1 saturated heterocycles. The number of fused-ring (bicyclic) bond motifs is 1. The number of hydrogen-bond acceptors (Lipinski definition) is 4. The molecule has 0 bridgehead atoms. The van der Waals surface area contributed by atoms with E-state index in [1.807, 2.05) is 50.5 Å². The molecule has 1 atom stereocenters. The maximum absolute atomic E-state index is 13.4. The Morgan fingerprint density at radius 3 is 2.81 bits per heavy atom. The summed E-state index contributed by atoms with van der Waals surface area (Å²) in [6.07, 6.45) is 2.42. The van der Waals surface area contributed by atoms with Gasteiger partial charge in [0.2, 0.25) is 5.91 Å². The first kappa shape index (κ1) is 17.2. The first-order chi connectivity index (χ1) is 13.1. The van der Waals surface area contributed by atoms with Crippen molar-refractivity contribution in [3.8, 4) is 11.4 Å². The van der Waals surface area contributed by atoms with Gasteiger partial charge in [-0.2, -0.15) is 5.10 Å². The van der Waals surface area contributed by atoms with Crippen molar-refractivity contribution in [1.82, 2.24) is 25.0 Å². The van der Waals surface area contributed by atoms with Crippen molar-refractivity contribution < 1.29 is 9.59 Å². The summed E-state index contributed by atoms with van der Waals surface area (Å²) >= 11 is 0. The van der Waals surface area contributed by atoms with Crippen LogP contribution in [0.25, 0.3) is 22.3 Å². The summed E-state index contributed by atoms with van der Waals surface area (Å²) in [5.41, 5.74) is 2.64. The molecule has 4 rings (SSSR count). The predicted octanol–water partition coefficient (Wildman–Crippen LogP) is 1.99. The maximum Gasteiger partial charge on any atom is 0.255 e. The number of carbonyl (C=O) groups excluding carboxylic acids is 2. The summed E-state index contributed by atoms with van der Waals surface area (Å²) in [5.74, 6) is -0.243. The Bertz CT molecular complexity index is 1030. The average Bonchev–Trinajstić information content (AvgIpc) is 3.12. The van der Waals surface area contributed by atoms with Crippen molar-refractivity contribution in [2.45, 2.75) is 19.4 Å². The number of nitrogens with zero attached hydrogens (tertiary/aromatic N) is 4. The lowest BCUT2D eigenvalue weighted by molar-refractivity contribution is -0.127. The maximum atomic E-state index is 13.4. The number of aryl methyl sites for hydroxylation is 1. The first-order valence-corrected chi connectivity index (χ1v) is 9.07. The van der Waals surface area contributed by atoms with Gasteiger partial charge in [0, 0.05) is 31.7 Å². The Balaban J connectivity index is 1.84. The molecule has 7 heteroatoms. The first-order valence-electron chi connectivity index (χ1n) is 9.07. The lowest BCUT2D eigenvalue weighted by Gasteiger charge is -2.34. The molecular weight excluding hydrogens is 342 g/mol. The minimum absolute atomic E-state index is 0.0968. The molecule has 27 heavy (non-hydrogen) atoms. The summed E-state index contributed by atoms with van der Waals surface area (Å²) in [4.78, 5) is 32.0. The lowest BCUT2D eigenvalue weighted by Crippen LogP contribution is -2.56. The van der Waals surface area contributed by atoms with E-state index in [0.29, 0.717) is 36.5 Å². The number of benzene rings is 1. The molecule has 1 fully saturated rings. The molecule has 0 spiro atoms. The van der Waals surface area contributed by atoms with Gasteiger partial charge in [-0.05, 0) is 24.6 Å². The number of pyridine rings is 1. The highest BCUT2D eigenvalue weighted by Gasteiger charge is 2.33. The number of nitrogens with one attached hydrogen (secondary N) is 1. The van der Waals surface area contributed by atoms with E-state index in [0.717, 1.165) is 10.9 Å². The molecule has 1 N–H and O–H groups in total. The lowest BCUT2D eigenvalue weighted by atomic mass is 10.0. The number of carbonyl (C=O) groups is 2. The number of piperazine rings is 1. The van der Waals surface area contributed by atoms with Crippen molar-refractivity contribution >= 4 is 22.7 Å². The van der Waals surface area contributed by atoms with Crippen LogP contribution >= 0.6 is 0 Å². The topological polar surface area (TPSA) is 80.1 Å². The molecule has 1 aliphatic heterocycles. The zero-order valence-corrected chi connectivity index (χ0v) is 15.3. The Labute approximate surface area is 157 Å². The second-order valence-corrected chi connectivity index (χ2v) is 6.66. The molecule has 0 radical (unpaired) electrons. The standard InChI is InChI=1S/C20H21N5O2/c1-3-18-19(26)21-9-11-25(18)20(27)14-12-17(16-8-10-24(2)23-16)22-15-7-5-4-6-13(14)15/h4-8,10,12,18H,3,9,11H2,1-2H3,(H,21,26). The van der Waals surface area contributed by atoms with Crippen molar-refractivity contribution in [3.05, 3.63) is 48.2 Å². The third-order valence-electron chi connectivity index (χ3n) is 4.90. The molecule has 138 valence electrons. The van der Waals surface area contributed by atoms with Gasteiger partial charge in [-0.15, -0.1) is 0 Å². The van der Waals surface area contributed by atoms with E-state index in [9.17, 15) is 9.59 Å². The monoisotopic (exact) mass is 363 g/mol. The van der Waals surface area contributed by atoms with Crippen LogP contribution in [-0.4, -0.2) is 50.6 Å². The third-order valence-corrected chi connectivity index (χ3v) is 4.90. The van der Waals surface area contributed by atoms with Crippen LogP contribution in [0.4, 0.5) is 0 Å². The number of amides is 2. The molecule has 7 nitrogen and oxygen atoms in total. The molecule has 0 aliphatic carbocycles. The van der Waals surface area contributed by atoms with Crippen LogP contribution in [0, 0.1) is 0 Å². The molecule has 2 amide bonds. The highest BCUT2D eigenvalue weighted by atomic mass is 16.2. The normalized spacial score (nSPS) is 17.2. The largest absolute Gasteiger partial charge is 0.353 e. The van der Waals surface area contributed by atoms with E-state index in [4.69, 9.17) is 0 Å². The van der Waals surface area contributed by atoms with Gasteiger partial charge >= 0.3 is 0 Å². The fraction of sp³-hybridized carbons (Fsp3) is 0.300. The van der Waals surface area contributed by atoms with Crippen molar-refractivity contribution in [3.63, 3.8) is 0 Å². The van der Waals surface area contributed by atoms with Crippen LogP contribution in [0.2, 0.25) is 0 Å². The van der Waals surface area contributed by atoms with E-state index < -0.39 is 6.04 Å². The van der Waals surface area contributed by atoms with Crippen LogP contribution in [0.3, 0.4) is 0 Å². The second-order valence-electron chi connectivity index (χ2n) is 6.66. The van der Waals surface area contributed by atoms with E-state index in [1.165, 1.54) is 0 Å². The van der Waals surface area contributed by atoms with Crippen molar-refractivity contribution in [2.24, 2.45) is 7.05 Å². The van der Waals surface area contributed by atoms with Crippen LogP contribution < -0.4 is 5.32 Å². The van der Waals surface area contributed by atoms with Crippen molar-refractivity contribution in [1.29, 1.82) is 0 Å². The summed E-state index contributed by atoms with van der Waals surface area (Å²) in [5, 5.41) is 8.03. The molecule has 1 aliphatic rings. The van der Waals surface area contributed by atoms with E-state index in [1.54, 1.807) is 15.6 Å². The highest BCUT2D eigenvalue weighted by Crippen LogP contribution is 2.26. The second kappa shape index (κ2) is 6.83. The Hall–Kier alpha value is -3.22. The molecule has 3 heterocycles. The summed E-state index contributed by atoms with van der Waals surface area (Å²) in [6, 6.07) is 10.8. The zero-order chi connectivity index (χ0) is 19.0. The summed E-state index contributed by atoms with van der Waals surface area (Å²) in [6.45, 7) is 2.88. The minimum atomic E-state index is -0.448. The van der Waals surface area contributed by atoms with Crippen LogP contribution in [0.1, 0.15) is 23.7 Å². The highest BCUT2D eigenvalue weighted by molar-refractivity contribution is 6.08. The van der Waals surface area contributed by atoms with Gasteiger partial charge < -0.3 is 10.2 Å². The molecule has 1 aromatic carbocycles. The fourth-order valence-corrected chi connectivity index (χ4v) is 3.55. The van der Waals surface area contributed by atoms with Crippen molar-refractivity contribution in [2.75, 3.05) is 13.1 Å². The SMILES string of the molecule is CCC1C(=O)NCCN1C(=O)c1cc(-c2ccn(C)n2)nc2ccccc12. The van der Waals surface area contributed by atoms with Gasteiger partial charge in [-0.1, -0.05) is 25.1 Å². The molecule has 3 aromatic rings. The minimum Gasteiger partial charge on any atom is -0.353 e. The summed E-state index contributed by atoms with van der Waals surface area (Å²) in [7, 11) is 1.84. The molecule has 1 unspecified atom stereocenters. The third kappa shape index (κ3) is 3.05. The van der Waals surface area contributed by atoms with E-state index in [-0.39, 0.29) is 11.8 Å². The predicted molar refractivity (Wildman–Crippen MR) is 102 cm³/mol. The van der Waals surface area contributed by atoms with Gasteiger partial charge in [-0.3, -0.25) is 14.3 Å². The van der Waals surface area contributed by atoms with E-state index in [2.05, 4.69) is 15.4 Å². The van der Waals surface area contributed by atoms with Crippen LogP contribution in [0.5, 0.6) is 0 Å². The Kier molecular flexibility index (Phi) is 4.35. The molecular formula is C20H21N5O2. The Morgan fingerprint density at radius 2 is 2.07 bits per heavy atom.